The molecule has 2 aromatic rings. The number of piperazine rings is 1. The first-order valence-electron chi connectivity index (χ1n) is 8.84. The van der Waals surface area contributed by atoms with E-state index in [4.69, 9.17) is 9.47 Å². The minimum absolute atomic E-state index is 0.0568. The van der Waals surface area contributed by atoms with E-state index >= 15 is 0 Å². The lowest BCUT2D eigenvalue weighted by Gasteiger charge is -2.32. The molecule has 2 aromatic carbocycles. The van der Waals surface area contributed by atoms with Crippen LogP contribution in [0.1, 0.15) is 5.56 Å². The van der Waals surface area contributed by atoms with Crippen LogP contribution in [0.25, 0.3) is 0 Å². The zero-order valence-electron chi connectivity index (χ0n) is 15.3. The smallest absolute Gasteiger partial charge is 0.322 e. The number of hydrogen-bond donors (Lipinski definition) is 2. The first-order valence-corrected chi connectivity index (χ1v) is 8.84. The molecule has 0 bridgehead atoms. The molecule has 0 aliphatic carbocycles. The summed E-state index contributed by atoms with van der Waals surface area (Å²) in [5.74, 6) is 1.62. The van der Waals surface area contributed by atoms with Gasteiger partial charge in [-0.2, -0.15) is 0 Å². The highest BCUT2D eigenvalue weighted by Crippen LogP contribution is 2.17. The molecule has 6 heteroatoms. The van der Waals surface area contributed by atoms with Gasteiger partial charge in [0.05, 0.1) is 40.4 Å². The van der Waals surface area contributed by atoms with Crippen LogP contribution in [-0.2, 0) is 6.54 Å². The van der Waals surface area contributed by atoms with E-state index in [-0.39, 0.29) is 6.03 Å². The summed E-state index contributed by atoms with van der Waals surface area (Å²) in [6, 6.07) is 15.5. The van der Waals surface area contributed by atoms with Gasteiger partial charge in [0.1, 0.15) is 18.0 Å². The highest BCUT2D eigenvalue weighted by atomic mass is 16.5. The molecule has 1 aliphatic heterocycles. The predicted octanol–water partition coefficient (Wildman–Crippen LogP) is 1.64. The van der Waals surface area contributed by atoms with E-state index in [0.717, 1.165) is 49.9 Å². The molecule has 2 amide bonds. The van der Waals surface area contributed by atoms with Gasteiger partial charge in [0.25, 0.3) is 0 Å². The Bertz CT molecular complexity index is 743. The van der Waals surface area contributed by atoms with Crippen LogP contribution in [0.15, 0.2) is 48.5 Å². The van der Waals surface area contributed by atoms with Gasteiger partial charge in [-0.25, -0.2) is 4.79 Å². The number of ether oxygens (including phenoxy) is 2. The van der Waals surface area contributed by atoms with E-state index in [1.807, 2.05) is 41.3 Å². The fourth-order valence-electron chi connectivity index (χ4n) is 3.18. The van der Waals surface area contributed by atoms with Gasteiger partial charge in [-0.15, -0.1) is 0 Å². The Morgan fingerprint density at radius 2 is 1.69 bits per heavy atom. The molecule has 6 nitrogen and oxygen atoms in total. The molecule has 0 unspecified atom stereocenters. The van der Waals surface area contributed by atoms with Gasteiger partial charge in [0.15, 0.2) is 0 Å². The minimum Gasteiger partial charge on any atom is -0.497 e. The summed E-state index contributed by atoms with van der Waals surface area (Å²) in [6.45, 7) is 4.30. The number of carbonyl (C=O) groups is 1. The van der Waals surface area contributed by atoms with Gasteiger partial charge >= 0.3 is 6.03 Å². The van der Waals surface area contributed by atoms with Crippen molar-refractivity contribution in [1.82, 2.24) is 4.90 Å². The van der Waals surface area contributed by atoms with Gasteiger partial charge in [0.2, 0.25) is 0 Å². The molecule has 2 N–H and O–H groups in total. The number of urea groups is 1. The maximum absolute atomic E-state index is 12.5. The zero-order valence-corrected chi connectivity index (χ0v) is 15.3. The molecule has 3 rings (SSSR count). The maximum atomic E-state index is 12.5. The number of nitrogens with one attached hydrogen (secondary N) is 2. The van der Waals surface area contributed by atoms with Crippen molar-refractivity contribution in [2.75, 3.05) is 45.7 Å². The lowest BCUT2D eigenvalue weighted by molar-refractivity contribution is -0.917. The van der Waals surface area contributed by atoms with Crippen molar-refractivity contribution in [2.24, 2.45) is 0 Å². The third-order valence-corrected chi connectivity index (χ3v) is 4.67. The Labute approximate surface area is 154 Å². The summed E-state index contributed by atoms with van der Waals surface area (Å²) in [5, 5.41) is 2.95. The van der Waals surface area contributed by atoms with Crippen molar-refractivity contribution in [3.05, 3.63) is 54.1 Å². The number of methoxy groups -OCH3 is 2. The third kappa shape index (κ3) is 4.67. The normalized spacial score (nSPS) is 14.8. The highest BCUT2D eigenvalue weighted by Gasteiger charge is 2.24. The number of quaternary nitrogens is 1. The second-order valence-corrected chi connectivity index (χ2v) is 6.43. The van der Waals surface area contributed by atoms with Crippen molar-refractivity contribution in [3.63, 3.8) is 0 Å². The van der Waals surface area contributed by atoms with E-state index in [2.05, 4.69) is 17.4 Å². The van der Waals surface area contributed by atoms with Gasteiger partial charge in [0, 0.05) is 17.3 Å². The molecule has 1 saturated heterocycles. The number of amides is 2. The number of anilines is 1. The van der Waals surface area contributed by atoms with Crippen LogP contribution < -0.4 is 19.7 Å². The van der Waals surface area contributed by atoms with Crippen LogP contribution in [0, 0.1) is 0 Å². The van der Waals surface area contributed by atoms with Crippen LogP contribution in [0.4, 0.5) is 10.5 Å². The fourth-order valence-corrected chi connectivity index (χ4v) is 3.18. The second-order valence-electron chi connectivity index (χ2n) is 6.43. The first kappa shape index (κ1) is 18.1. The molecule has 26 heavy (non-hydrogen) atoms. The topological polar surface area (TPSA) is 55.2 Å². The molecular formula is C20H26N3O3+. The van der Waals surface area contributed by atoms with Gasteiger partial charge in [-0.05, 0) is 24.3 Å². The average molecular weight is 356 g/mol. The Balaban J connectivity index is 1.50. The summed E-state index contributed by atoms with van der Waals surface area (Å²) in [4.78, 5) is 15.8. The molecule has 0 radical (unpaired) electrons. The molecule has 1 heterocycles. The third-order valence-electron chi connectivity index (χ3n) is 4.67. The molecule has 138 valence electrons. The lowest BCUT2D eigenvalue weighted by atomic mass is 10.2. The highest BCUT2D eigenvalue weighted by molar-refractivity contribution is 5.89. The van der Waals surface area contributed by atoms with Gasteiger partial charge in [-0.3, -0.25) is 0 Å². The van der Waals surface area contributed by atoms with Crippen LogP contribution in [0.3, 0.4) is 0 Å². The van der Waals surface area contributed by atoms with Gasteiger partial charge in [-0.1, -0.05) is 18.2 Å². The summed E-state index contributed by atoms with van der Waals surface area (Å²) >= 11 is 0. The van der Waals surface area contributed by atoms with Crippen molar-refractivity contribution in [1.29, 1.82) is 0 Å². The summed E-state index contributed by atoms with van der Waals surface area (Å²) in [7, 11) is 3.30. The average Bonchev–Trinajstić information content (AvgIpc) is 2.69. The Hall–Kier alpha value is -2.73. The van der Waals surface area contributed by atoms with E-state index < -0.39 is 0 Å². The fraction of sp³-hybridized carbons (Fsp3) is 0.350. The van der Waals surface area contributed by atoms with Crippen molar-refractivity contribution in [3.8, 4) is 11.5 Å². The van der Waals surface area contributed by atoms with E-state index in [9.17, 15) is 4.79 Å². The van der Waals surface area contributed by atoms with Crippen molar-refractivity contribution in [2.45, 2.75) is 6.54 Å². The second kappa shape index (κ2) is 8.58. The molecule has 0 aromatic heterocycles. The molecular weight excluding hydrogens is 330 g/mol. The summed E-state index contributed by atoms with van der Waals surface area (Å²) in [6.07, 6.45) is 0. The zero-order chi connectivity index (χ0) is 18.4. The first-order chi connectivity index (χ1) is 12.7. The van der Waals surface area contributed by atoms with Crippen LogP contribution in [0.2, 0.25) is 0 Å². The lowest BCUT2D eigenvalue weighted by Crippen LogP contribution is -3.13. The molecule has 0 saturated carbocycles. The van der Waals surface area contributed by atoms with Crippen molar-refractivity contribution < 1.29 is 19.2 Å². The standard InChI is InChI=1S/C20H25N3O3/c1-25-18-7-3-5-16(13-18)15-22-9-11-23(12-10-22)20(24)21-17-6-4-8-19(14-17)26-2/h3-8,13-14H,9-12,15H2,1-2H3,(H,21,24)/p+1. The monoisotopic (exact) mass is 356 g/mol. The van der Waals surface area contributed by atoms with E-state index in [1.165, 1.54) is 10.5 Å². The van der Waals surface area contributed by atoms with Crippen molar-refractivity contribution >= 4 is 11.7 Å². The molecule has 0 spiro atoms. The van der Waals surface area contributed by atoms with Crippen LogP contribution in [-0.4, -0.2) is 51.3 Å². The maximum Gasteiger partial charge on any atom is 0.322 e. The van der Waals surface area contributed by atoms with Crippen LogP contribution in [0.5, 0.6) is 11.5 Å². The number of carbonyl (C=O) groups excluding carboxylic acids is 1. The number of benzene rings is 2. The predicted molar refractivity (Wildman–Crippen MR) is 101 cm³/mol. The Morgan fingerprint density at radius 3 is 2.38 bits per heavy atom. The summed E-state index contributed by atoms with van der Waals surface area (Å²) < 4.78 is 10.5. The van der Waals surface area contributed by atoms with Gasteiger partial charge < -0.3 is 24.6 Å². The number of rotatable bonds is 5. The Morgan fingerprint density at radius 1 is 1.04 bits per heavy atom. The largest absolute Gasteiger partial charge is 0.497 e. The molecule has 1 aliphatic rings. The SMILES string of the molecule is COc1cccc(C[NH+]2CCN(C(=O)Nc3cccc(OC)c3)CC2)c1. The molecule has 1 fully saturated rings. The van der Waals surface area contributed by atoms with E-state index in [0.29, 0.717) is 0 Å². The minimum atomic E-state index is -0.0568. The number of hydrogen-bond acceptors (Lipinski definition) is 3. The van der Waals surface area contributed by atoms with Crippen LogP contribution >= 0.6 is 0 Å². The quantitative estimate of drug-likeness (QED) is 0.856. The molecule has 0 atom stereocenters. The van der Waals surface area contributed by atoms with E-state index in [1.54, 1.807) is 14.2 Å². The summed E-state index contributed by atoms with van der Waals surface area (Å²) in [5.41, 5.74) is 2.01. The number of nitrogens with zero attached hydrogens (tertiary/aromatic N) is 1. The Kier molecular flexibility index (Phi) is 5.96.